The molecule has 2 aliphatic heterocycles. The first-order valence-corrected chi connectivity index (χ1v) is 10.9. The van der Waals surface area contributed by atoms with Gasteiger partial charge in [0.25, 0.3) is 5.91 Å². The van der Waals surface area contributed by atoms with Crippen LogP contribution in [0.2, 0.25) is 0 Å². The van der Waals surface area contributed by atoms with Gasteiger partial charge in [-0.05, 0) is 29.5 Å². The molecule has 0 radical (unpaired) electrons. The summed E-state index contributed by atoms with van der Waals surface area (Å²) in [7, 11) is 0. The minimum atomic E-state index is -0.0950. The Kier molecular flexibility index (Phi) is 6.76. The number of nitrogens with zero attached hydrogens (tertiary/aromatic N) is 4. The first kappa shape index (κ1) is 22.2. The van der Waals surface area contributed by atoms with E-state index in [0.717, 1.165) is 25.2 Å². The van der Waals surface area contributed by atoms with Crippen molar-refractivity contribution in [3.63, 3.8) is 0 Å². The van der Waals surface area contributed by atoms with Gasteiger partial charge in [0.15, 0.2) is 0 Å². The molecule has 0 spiro atoms. The Balaban J connectivity index is 1.57. The lowest BCUT2D eigenvalue weighted by Gasteiger charge is -2.37. The molecule has 2 saturated heterocycles. The summed E-state index contributed by atoms with van der Waals surface area (Å²) in [5.74, 6) is 0.0757. The van der Waals surface area contributed by atoms with Crippen molar-refractivity contribution in [2.75, 3.05) is 37.6 Å². The molecular weight excluding hydrogens is 376 g/mol. The van der Waals surface area contributed by atoms with Gasteiger partial charge in [0.05, 0.1) is 0 Å². The second-order valence-corrected chi connectivity index (χ2v) is 9.15. The van der Waals surface area contributed by atoms with Crippen LogP contribution in [0.3, 0.4) is 0 Å². The molecule has 2 fully saturated rings. The molecule has 0 saturated carbocycles. The number of piperazine rings is 1. The maximum atomic E-state index is 12.7. The lowest BCUT2D eigenvalue weighted by Crippen LogP contribution is -2.52. The molecule has 6 heteroatoms. The van der Waals surface area contributed by atoms with Gasteiger partial charge in [0.1, 0.15) is 5.70 Å². The molecule has 30 heavy (non-hydrogen) atoms. The molecule has 162 valence electrons. The fraction of sp³-hybridized carbons (Fsp3) is 0.542. The Morgan fingerprint density at radius 2 is 1.80 bits per heavy atom. The van der Waals surface area contributed by atoms with Gasteiger partial charge in [-0.2, -0.15) is 0 Å². The predicted octanol–water partition coefficient (Wildman–Crippen LogP) is 3.23. The van der Waals surface area contributed by atoms with E-state index in [-0.39, 0.29) is 23.3 Å². The van der Waals surface area contributed by atoms with Crippen LogP contribution in [-0.4, -0.2) is 66.6 Å². The number of anilines is 1. The maximum absolute atomic E-state index is 12.7. The molecule has 6 nitrogen and oxygen atoms in total. The second kappa shape index (κ2) is 9.13. The van der Waals surface area contributed by atoms with Crippen LogP contribution >= 0.6 is 0 Å². The van der Waals surface area contributed by atoms with Crippen LogP contribution in [-0.2, 0) is 15.0 Å². The number of hydrogen-bond donors (Lipinski definition) is 0. The SMILES string of the molecule is C=C(N=CCC)C(=O)N1CCN(C2CC(=O)N(c3ccc(C(C)(C)C)cc3)C2)CC1. The van der Waals surface area contributed by atoms with Crippen LogP contribution in [0, 0.1) is 0 Å². The lowest BCUT2D eigenvalue weighted by atomic mass is 9.87. The highest BCUT2D eigenvalue weighted by atomic mass is 16.2. The topological polar surface area (TPSA) is 56.2 Å². The molecule has 0 aliphatic carbocycles. The van der Waals surface area contributed by atoms with Crippen LogP contribution in [0.15, 0.2) is 41.5 Å². The summed E-state index contributed by atoms with van der Waals surface area (Å²) in [6.45, 7) is 15.9. The van der Waals surface area contributed by atoms with Crippen LogP contribution in [0.4, 0.5) is 5.69 Å². The average molecular weight is 411 g/mol. The molecule has 2 amide bonds. The Bertz CT molecular complexity index is 815. The van der Waals surface area contributed by atoms with Crippen LogP contribution in [0.1, 0.15) is 46.1 Å². The van der Waals surface area contributed by atoms with E-state index < -0.39 is 0 Å². The Hall–Kier alpha value is -2.47. The summed E-state index contributed by atoms with van der Waals surface area (Å²) in [6.07, 6.45) is 3.02. The van der Waals surface area contributed by atoms with E-state index in [1.165, 1.54) is 5.56 Å². The summed E-state index contributed by atoms with van der Waals surface area (Å²) in [5.41, 5.74) is 2.63. The Morgan fingerprint density at radius 1 is 1.17 bits per heavy atom. The lowest BCUT2D eigenvalue weighted by molar-refractivity contribution is -0.129. The predicted molar refractivity (Wildman–Crippen MR) is 122 cm³/mol. The quantitative estimate of drug-likeness (QED) is 0.553. The number of aliphatic imine (C=N–C) groups is 1. The fourth-order valence-electron chi connectivity index (χ4n) is 4.05. The van der Waals surface area contributed by atoms with Crippen molar-refractivity contribution in [1.82, 2.24) is 9.80 Å². The molecule has 1 unspecified atom stereocenters. The molecule has 2 aliphatic rings. The number of carbonyl (C=O) groups excluding carboxylic acids is 2. The minimum absolute atomic E-state index is 0.0950. The number of carbonyl (C=O) groups is 2. The van der Waals surface area contributed by atoms with Gasteiger partial charge in [-0.1, -0.05) is 46.4 Å². The number of amides is 2. The van der Waals surface area contributed by atoms with Crippen molar-refractivity contribution < 1.29 is 9.59 Å². The molecule has 0 bridgehead atoms. The van der Waals surface area contributed by atoms with E-state index in [2.05, 4.69) is 61.5 Å². The normalized spacial score (nSPS) is 20.9. The van der Waals surface area contributed by atoms with E-state index in [1.54, 1.807) is 6.21 Å². The van der Waals surface area contributed by atoms with Crippen molar-refractivity contribution in [1.29, 1.82) is 0 Å². The average Bonchev–Trinajstić information content (AvgIpc) is 3.12. The van der Waals surface area contributed by atoms with Crippen molar-refractivity contribution in [2.45, 2.75) is 52.0 Å². The molecule has 3 rings (SSSR count). The van der Waals surface area contributed by atoms with Crippen molar-refractivity contribution in [3.05, 3.63) is 42.1 Å². The third kappa shape index (κ3) is 4.98. The molecule has 0 aromatic heterocycles. The van der Waals surface area contributed by atoms with E-state index in [4.69, 9.17) is 0 Å². The number of benzene rings is 1. The van der Waals surface area contributed by atoms with Gasteiger partial charge >= 0.3 is 0 Å². The highest BCUT2D eigenvalue weighted by Crippen LogP contribution is 2.28. The van der Waals surface area contributed by atoms with Crippen LogP contribution in [0.5, 0.6) is 0 Å². The van der Waals surface area contributed by atoms with E-state index in [0.29, 0.717) is 31.8 Å². The zero-order chi connectivity index (χ0) is 21.9. The zero-order valence-electron chi connectivity index (χ0n) is 18.7. The maximum Gasteiger partial charge on any atom is 0.271 e. The first-order chi connectivity index (χ1) is 14.2. The highest BCUT2D eigenvalue weighted by Gasteiger charge is 2.36. The van der Waals surface area contributed by atoms with Gasteiger partial charge in [-0.3, -0.25) is 19.5 Å². The van der Waals surface area contributed by atoms with Gasteiger partial charge in [0.2, 0.25) is 5.91 Å². The number of rotatable bonds is 5. The third-order valence-corrected chi connectivity index (χ3v) is 5.94. The fourth-order valence-corrected chi connectivity index (χ4v) is 4.05. The van der Waals surface area contributed by atoms with Crippen molar-refractivity contribution in [3.8, 4) is 0 Å². The van der Waals surface area contributed by atoms with E-state index in [9.17, 15) is 9.59 Å². The molecule has 0 N–H and O–H groups in total. The summed E-state index contributed by atoms with van der Waals surface area (Å²) in [4.78, 5) is 35.3. The van der Waals surface area contributed by atoms with E-state index in [1.807, 2.05) is 16.7 Å². The largest absolute Gasteiger partial charge is 0.335 e. The zero-order valence-corrected chi connectivity index (χ0v) is 18.7. The monoisotopic (exact) mass is 410 g/mol. The highest BCUT2D eigenvalue weighted by molar-refractivity contribution is 5.96. The van der Waals surface area contributed by atoms with Gasteiger partial charge in [-0.15, -0.1) is 0 Å². The number of hydrogen-bond acceptors (Lipinski definition) is 4. The summed E-state index contributed by atoms with van der Waals surface area (Å²) >= 11 is 0. The molecule has 1 aromatic carbocycles. The first-order valence-electron chi connectivity index (χ1n) is 10.9. The summed E-state index contributed by atoms with van der Waals surface area (Å²) < 4.78 is 0. The van der Waals surface area contributed by atoms with Gasteiger partial charge in [0, 0.05) is 57.1 Å². The van der Waals surface area contributed by atoms with Crippen LogP contribution < -0.4 is 4.90 Å². The van der Waals surface area contributed by atoms with Crippen molar-refractivity contribution >= 4 is 23.7 Å². The molecule has 1 aromatic rings. The third-order valence-electron chi connectivity index (χ3n) is 5.94. The summed E-state index contributed by atoms with van der Waals surface area (Å²) in [6, 6.07) is 8.54. The van der Waals surface area contributed by atoms with Crippen molar-refractivity contribution in [2.24, 2.45) is 4.99 Å². The summed E-state index contributed by atoms with van der Waals surface area (Å²) in [5, 5.41) is 0. The van der Waals surface area contributed by atoms with Gasteiger partial charge in [-0.25, -0.2) is 0 Å². The molecular formula is C24H34N4O2. The smallest absolute Gasteiger partial charge is 0.271 e. The van der Waals surface area contributed by atoms with Crippen LogP contribution in [0.25, 0.3) is 0 Å². The standard InChI is InChI=1S/C24H34N4O2/c1-6-11-25-18(2)23(30)27-14-12-26(13-15-27)21-16-22(29)28(17-21)20-9-7-19(8-10-20)24(3,4)5/h7-11,21H,2,6,12-17H2,1,3-5H3. The Labute approximate surface area is 180 Å². The second-order valence-electron chi connectivity index (χ2n) is 9.15. The van der Waals surface area contributed by atoms with Gasteiger partial charge < -0.3 is 9.80 Å². The molecule has 1 atom stereocenters. The van der Waals surface area contributed by atoms with E-state index >= 15 is 0 Å². The minimum Gasteiger partial charge on any atom is -0.335 e. The molecule has 2 heterocycles. The Morgan fingerprint density at radius 3 is 2.37 bits per heavy atom.